The van der Waals surface area contributed by atoms with E-state index in [0.29, 0.717) is 12.6 Å². The van der Waals surface area contributed by atoms with Gasteiger partial charge in [-0.05, 0) is 25.9 Å². The van der Waals surface area contributed by atoms with Gasteiger partial charge >= 0.3 is 0 Å². The summed E-state index contributed by atoms with van der Waals surface area (Å²) in [5, 5.41) is 11.5. The van der Waals surface area contributed by atoms with Crippen molar-refractivity contribution in [3.05, 3.63) is 11.6 Å². The van der Waals surface area contributed by atoms with Gasteiger partial charge in [-0.3, -0.25) is 4.99 Å². The van der Waals surface area contributed by atoms with Crippen molar-refractivity contribution in [3.8, 4) is 0 Å². The number of methoxy groups -OCH3 is 1. The summed E-state index contributed by atoms with van der Waals surface area (Å²) in [4.78, 5) is 11.1. The van der Waals surface area contributed by atoms with Crippen LogP contribution in [0.25, 0.3) is 0 Å². The number of nitrogens with one attached hydrogen (secondary N) is 2. The van der Waals surface area contributed by atoms with Crippen LogP contribution in [0.2, 0.25) is 0 Å². The molecule has 0 saturated carbocycles. The van der Waals surface area contributed by atoms with E-state index in [1.807, 2.05) is 11.7 Å². The van der Waals surface area contributed by atoms with Crippen LogP contribution >= 0.6 is 0 Å². The van der Waals surface area contributed by atoms with Crippen LogP contribution in [0.1, 0.15) is 31.9 Å². The van der Waals surface area contributed by atoms with Gasteiger partial charge in [0, 0.05) is 39.7 Å². The van der Waals surface area contributed by atoms with Crippen molar-refractivity contribution in [2.75, 3.05) is 41.3 Å². The number of aryl methyl sites for hydroxylation is 1. The predicted octanol–water partition coefficient (Wildman–Crippen LogP) is 0.492. The third kappa shape index (κ3) is 5.97. The maximum atomic E-state index is 5.12. The fourth-order valence-electron chi connectivity index (χ4n) is 3.29. The smallest absolute Gasteiger partial charge is 0.191 e. The summed E-state index contributed by atoms with van der Waals surface area (Å²) in [7, 11) is 7.68. The molecule has 0 aliphatic carbocycles. The van der Waals surface area contributed by atoms with Gasteiger partial charge in [0.25, 0.3) is 0 Å². The first kappa shape index (κ1) is 19.7. The molecule has 0 radical (unpaired) electrons. The van der Waals surface area contributed by atoms with E-state index in [1.165, 1.54) is 0 Å². The predicted molar refractivity (Wildman–Crippen MR) is 99.7 cm³/mol. The summed E-state index contributed by atoms with van der Waals surface area (Å²) in [5.41, 5.74) is 0.168. The van der Waals surface area contributed by atoms with E-state index in [2.05, 4.69) is 58.6 Å². The zero-order valence-electron chi connectivity index (χ0n) is 16.5. The molecule has 0 fully saturated rings. The molecule has 2 heterocycles. The van der Waals surface area contributed by atoms with E-state index < -0.39 is 0 Å². The molecule has 0 aromatic carbocycles. The first-order valence-corrected chi connectivity index (χ1v) is 8.86. The maximum Gasteiger partial charge on any atom is 0.191 e. The zero-order valence-corrected chi connectivity index (χ0v) is 16.5. The lowest BCUT2D eigenvalue weighted by molar-refractivity contribution is 0.177. The Bertz CT molecular complexity index is 580. The second kappa shape index (κ2) is 8.62. The van der Waals surface area contributed by atoms with Crippen LogP contribution in [0.4, 0.5) is 0 Å². The van der Waals surface area contributed by atoms with E-state index in [9.17, 15) is 0 Å². The minimum absolute atomic E-state index is 0.168. The lowest BCUT2D eigenvalue weighted by Crippen LogP contribution is -2.50. The Labute approximate surface area is 151 Å². The summed E-state index contributed by atoms with van der Waals surface area (Å²) < 4.78 is 7.10. The molecule has 2 N–H and O–H groups in total. The quantitative estimate of drug-likeness (QED) is 0.550. The number of nitrogens with zero attached hydrogens (tertiary/aromatic N) is 5. The first-order valence-electron chi connectivity index (χ1n) is 8.86. The molecular weight excluding hydrogens is 318 g/mol. The normalized spacial score (nSPS) is 18.4. The molecule has 8 heteroatoms. The maximum absolute atomic E-state index is 5.12. The number of hydrogen-bond acceptors (Lipinski definition) is 5. The van der Waals surface area contributed by atoms with Gasteiger partial charge in [0.2, 0.25) is 0 Å². The molecular formula is C17H33N7O. The number of ether oxygens (including phenoxy) is 1. The molecule has 1 aromatic rings. The number of fused-ring (bicyclic) bond motifs is 1. The standard InChI is InChI=1S/C17H33N7O/c1-17(2,12-23(4)5)11-19-16(18-3)20-13-7-8-15-21-14(10-25-6)22-24(15)9-13/h13H,7-12H2,1-6H3,(H2,18,19,20). The van der Waals surface area contributed by atoms with E-state index in [1.54, 1.807) is 7.11 Å². The molecule has 0 saturated heterocycles. The Balaban J connectivity index is 1.87. The monoisotopic (exact) mass is 351 g/mol. The van der Waals surface area contributed by atoms with E-state index >= 15 is 0 Å². The van der Waals surface area contributed by atoms with Crippen molar-refractivity contribution >= 4 is 5.96 Å². The Morgan fingerprint density at radius 2 is 2.20 bits per heavy atom. The van der Waals surface area contributed by atoms with Gasteiger partial charge in [-0.1, -0.05) is 13.8 Å². The highest BCUT2D eigenvalue weighted by atomic mass is 16.5. The molecule has 2 rings (SSSR count). The van der Waals surface area contributed by atoms with Crippen LogP contribution in [0.5, 0.6) is 0 Å². The molecule has 1 atom stereocenters. The van der Waals surface area contributed by atoms with Gasteiger partial charge in [0.05, 0.1) is 6.54 Å². The van der Waals surface area contributed by atoms with E-state index in [4.69, 9.17) is 4.74 Å². The number of aromatic nitrogens is 3. The van der Waals surface area contributed by atoms with Crippen molar-refractivity contribution in [2.24, 2.45) is 10.4 Å². The topological polar surface area (TPSA) is 79.6 Å². The molecule has 1 aromatic heterocycles. The van der Waals surface area contributed by atoms with Crippen LogP contribution < -0.4 is 10.6 Å². The number of aliphatic imine (C=N–C) groups is 1. The third-order valence-corrected chi connectivity index (χ3v) is 4.22. The molecule has 1 aliphatic rings. The highest BCUT2D eigenvalue weighted by Gasteiger charge is 2.23. The third-order valence-electron chi connectivity index (χ3n) is 4.22. The van der Waals surface area contributed by atoms with Gasteiger partial charge in [0.1, 0.15) is 12.4 Å². The fourth-order valence-corrected chi connectivity index (χ4v) is 3.29. The van der Waals surface area contributed by atoms with Gasteiger partial charge in [-0.15, -0.1) is 0 Å². The van der Waals surface area contributed by atoms with Gasteiger partial charge in [-0.2, -0.15) is 5.10 Å². The minimum Gasteiger partial charge on any atom is -0.377 e. The van der Waals surface area contributed by atoms with Crippen LogP contribution in [-0.4, -0.2) is 73.0 Å². The molecule has 8 nitrogen and oxygen atoms in total. The number of hydrogen-bond donors (Lipinski definition) is 2. The lowest BCUT2D eigenvalue weighted by atomic mass is 9.93. The average molecular weight is 351 g/mol. The first-order chi connectivity index (χ1) is 11.8. The molecule has 1 aliphatic heterocycles. The SMILES string of the molecule is CN=C(NCC(C)(C)CN(C)C)NC1CCc2nc(COC)nn2C1. The Kier molecular flexibility index (Phi) is 6.78. The number of rotatable bonds is 7. The van der Waals surface area contributed by atoms with Crippen molar-refractivity contribution in [1.82, 2.24) is 30.3 Å². The summed E-state index contributed by atoms with van der Waals surface area (Å²) >= 11 is 0. The van der Waals surface area contributed by atoms with Crippen molar-refractivity contribution in [2.45, 2.75) is 45.9 Å². The number of guanidine groups is 1. The largest absolute Gasteiger partial charge is 0.377 e. The minimum atomic E-state index is 0.168. The Hall–Kier alpha value is -1.67. The summed E-state index contributed by atoms with van der Waals surface area (Å²) in [6.07, 6.45) is 1.93. The van der Waals surface area contributed by atoms with Crippen LogP contribution in [0.3, 0.4) is 0 Å². The van der Waals surface area contributed by atoms with E-state index in [-0.39, 0.29) is 5.41 Å². The van der Waals surface area contributed by atoms with Crippen molar-refractivity contribution in [1.29, 1.82) is 0 Å². The Morgan fingerprint density at radius 1 is 1.44 bits per heavy atom. The van der Waals surface area contributed by atoms with Crippen LogP contribution in [0.15, 0.2) is 4.99 Å². The summed E-state index contributed by atoms with van der Waals surface area (Å²) in [6, 6.07) is 0.299. The molecule has 0 bridgehead atoms. The van der Waals surface area contributed by atoms with Crippen LogP contribution in [-0.2, 0) is 24.3 Å². The van der Waals surface area contributed by atoms with Gasteiger partial charge in [-0.25, -0.2) is 9.67 Å². The lowest BCUT2D eigenvalue weighted by Gasteiger charge is -2.30. The molecule has 0 spiro atoms. The molecule has 0 amide bonds. The Morgan fingerprint density at radius 3 is 2.84 bits per heavy atom. The highest BCUT2D eigenvalue weighted by molar-refractivity contribution is 5.80. The van der Waals surface area contributed by atoms with Crippen molar-refractivity contribution < 1.29 is 4.74 Å². The molecule has 1 unspecified atom stereocenters. The summed E-state index contributed by atoms with van der Waals surface area (Å²) in [5.74, 6) is 2.64. The van der Waals surface area contributed by atoms with Crippen molar-refractivity contribution in [3.63, 3.8) is 0 Å². The molecule has 25 heavy (non-hydrogen) atoms. The highest BCUT2D eigenvalue weighted by Crippen LogP contribution is 2.15. The summed E-state index contributed by atoms with van der Waals surface area (Å²) in [6.45, 7) is 7.66. The second-order valence-corrected chi connectivity index (χ2v) is 7.77. The molecule has 142 valence electrons. The second-order valence-electron chi connectivity index (χ2n) is 7.77. The van der Waals surface area contributed by atoms with Gasteiger partial charge in [0.15, 0.2) is 11.8 Å². The van der Waals surface area contributed by atoms with Crippen LogP contribution in [0, 0.1) is 5.41 Å². The average Bonchev–Trinajstić information content (AvgIpc) is 2.92. The van der Waals surface area contributed by atoms with E-state index in [0.717, 1.165) is 50.1 Å². The zero-order chi connectivity index (χ0) is 18.4. The fraction of sp³-hybridized carbons (Fsp3) is 0.824. The van der Waals surface area contributed by atoms with Gasteiger partial charge < -0.3 is 20.3 Å².